The van der Waals surface area contributed by atoms with E-state index >= 15 is 0 Å². The number of hydrogen-bond donors (Lipinski definition) is 1. The second kappa shape index (κ2) is 5.73. The minimum atomic E-state index is -4.52. The first-order valence-corrected chi connectivity index (χ1v) is 5.42. The molecule has 4 nitrogen and oxygen atoms in total. The summed E-state index contributed by atoms with van der Waals surface area (Å²) in [6.45, 7) is 2.73. The fourth-order valence-corrected chi connectivity index (χ4v) is 1.45. The molecule has 0 bridgehead atoms. The van der Waals surface area contributed by atoms with E-state index < -0.39 is 23.6 Å². The van der Waals surface area contributed by atoms with Gasteiger partial charge in [-0.1, -0.05) is 6.07 Å². The van der Waals surface area contributed by atoms with Crippen LogP contribution in [0.25, 0.3) is 0 Å². The van der Waals surface area contributed by atoms with Gasteiger partial charge in [0.1, 0.15) is 0 Å². The van der Waals surface area contributed by atoms with Crippen molar-refractivity contribution in [3.8, 4) is 0 Å². The summed E-state index contributed by atoms with van der Waals surface area (Å²) in [4.78, 5) is 22.4. The van der Waals surface area contributed by atoms with Gasteiger partial charge >= 0.3 is 18.1 Å². The quantitative estimate of drug-likeness (QED) is 0.666. The standard InChI is InChI=1S/C12H12F3NO3/c1-3-19-11(18)10(17)16-9-6-4-5-8(7(9)2)12(13,14)15/h4-6H,3H2,1-2H3,(H,16,17). The zero-order valence-electron chi connectivity index (χ0n) is 10.3. The van der Waals surface area contributed by atoms with E-state index in [-0.39, 0.29) is 17.9 Å². The van der Waals surface area contributed by atoms with Gasteiger partial charge in [0.15, 0.2) is 0 Å². The SMILES string of the molecule is CCOC(=O)C(=O)Nc1cccc(C(F)(F)F)c1C. The molecule has 0 radical (unpaired) electrons. The molecule has 0 unspecified atom stereocenters. The van der Waals surface area contributed by atoms with Crippen molar-refractivity contribution in [3.05, 3.63) is 29.3 Å². The van der Waals surface area contributed by atoms with Crippen LogP contribution in [0.15, 0.2) is 18.2 Å². The maximum Gasteiger partial charge on any atom is 0.416 e. The molecule has 19 heavy (non-hydrogen) atoms. The Morgan fingerprint density at radius 1 is 1.32 bits per heavy atom. The molecule has 7 heteroatoms. The predicted octanol–water partition coefficient (Wildman–Crippen LogP) is 2.52. The fourth-order valence-electron chi connectivity index (χ4n) is 1.45. The first-order valence-electron chi connectivity index (χ1n) is 5.42. The molecular formula is C12H12F3NO3. The Hall–Kier alpha value is -2.05. The lowest BCUT2D eigenvalue weighted by Crippen LogP contribution is -2.25. The number of halogens is 3. The van der Waals surface area contributed by atoms with Gasteiger partial charge in [0.05, 0.1) is 12.2 Å². The van der Waals surface area contributed by atoms with Crippen molar-refractivity contribution >= 4 is 17.6 Å². The van der Waals surface area contributed by atoms with Gasteiger partial charge in [0.2, 0.25) is 0 Å². The molecule has 0 aliphatic carbocycles. The van der Waals surface area contributed by atoms with E-state index in [9.17, 15) is 22.8 Å². The van der Waals surface area contributed by atoms with E-state index in [1.165, 1.54) is 19.9 Å². The number of anilines is 1. The summed E-state index contributed by atoms with van der Waals surface area (Å²) in [6.07, 6.45) is -4.52. The summed E-state index contributed by atoms with van der Waals surface area (Å²) in [5.41, 5.74) is -1.10. The molecule has 0 aliphatic heterocycles. The predicted molar refractivity (Wildman–Crippen MR) is 61.4 cm³/mol. The van der Waals surface area contributed by atoms with Crippen LogP contribution < -0.4 is 5.32 Å². The Morgan fingerprint density at radius 3 is 2.47 bits per heavy atom. The van der Waals surface area contributed by atoms with E-state index in [0.29, 0.717) is 0 Å². The average Bonchev–Trinajstić information content (AvgIpc) is 2.30. The van der Waals surface area contributed by atoms with E-state index in [4.69, 9.17) is 0 Å². The van der Waals surface area contributed by atoms with Crippen LogP contribution in [-0.2, 0) is 20.5 Å². The molecule has 0 saturated heterocycles. The molecule has 1 N–H and O–H groups in total. The van der Waals surface area contributed by atoms with Crippen LogP contribution in [-0.4, -0.2) is 18.5 Å². The monoisotopic (exact) mass is 275 g/mol. The van der Waals surface area contributed by atoms with Crippen LogP contribution in [0.3, 0.4) is 0 Å². The number of hydrogen-bond acceptors (Lipinski definition) is 3. The zero-order chi connectivity index (χ0) is 14.6. The lowest BCUT2D eigenvalue weighted by molar-refractivity contribution is -0.152. The van der Waals surface area contributed by atoms with Gasteiger partial charge < -0.3 is 10.1 Å². The molecule has 104 valence electrons. The van der Waals surface area contributed by atoms with Crippen molar-refractivity contribution in [1.29, 1.82) is 0 Å². The molecule has 1 aromatic rings. The third-order valence-corrected chi connectivity index (χ3v) is 2.35. The van der Waals surface area contributed by atoms with Gasteiger partial charge in [-0.3, -0.25) is 4.79 Å². The van der Waals surface area contributed by atoms with Crippen molar-refractivity contribution in [2.24, 2.45) is 0 Å². The third-order valence-electron chi connectivity index (χ3n) is 2.35. The Labute approximate surface area is 107 Å². The number of carbonyl (C=O) groups is 2. The van der Waals surface area contributed by atoms with Gasteiger partial charge in [0, 0.05) is 5.69 Å². The van der Waals surface area contributed by atoms with Crippen molar-refractivity contribution < 1.29 is 27.5 Å². The van der Waals surface area contributed by atoms with Crippen LogP contribution in [0, 0.1) is 6.92 Å². The number of carbonyl (C=O) groups excluding carboxylic acids is 2. The molecule has 1 rings (SSSR count). The molecule has 0 aliphatic rings. The maximum atomic E-state index is 12.6. The van der Waals surface area contributed by atoms with Crippen LogP contribution in [0.5, 0.6) is 0 Å². The summed E-state index contributed by atoms with van der Waals surface area (Å²) >= 11 is 0. The highest BCUT2D eigenvalue weighted by Gasteiger charge is 2.33. The second-order valence-corrected chi connectivity index (χ2v) is 3.65. The Kier molecular flexibility index (Phi) is 4.52. The number of benzene rings is 1. The minimum Gasteiger partial charge on any atom is -0.459 e. The fraction of sp³-hybridized carbons (Fsp3) is 0.333. The van der Waals surface area contributed by atoms with Crippen LogP contribution in [0.4, 0.5) is 18.9 Å². The number of rotatable bonds is 2. The zero-order valence-corrected chi connectivity index (χ0v) is 10.3. The summed E-state index contributed by atoms with van der Waals surface area (Å²) in [5.74, 6) is -2.25. The van der Waals surface area contributed by atoms with Crippen molar-refractivity contribution in [2.75, 3.05) is 11.9 Å². The lowest BCUT2D eigenvalue weighted by Gasteiger charge is -2.14. The number of esters is 1. The average molecular weight is 275 g/mol. The van der Waals surface area contributed by atoms with E-state index in [1.807, 2.05) is 0 Å². The van der Waals surface area contributed by atoms with Gasteiger partial charge in [0.25, 0.3) is 0 Å². The second-order valence-electron chi connectivity index (χ2n) is 3.65. The summed E-state index contributed by atoms with van der Waals surface area (Å²) in [6, 6.07) is 3.33. The molecular weight excluding hydrogens is 263 g/mol. The molecule has 0 spiro atoms. The van der Waals surface area contributed by atoms with E-state index in [1.54, 1.807) is 0 Å². The van der Waals surface area contributed by atoms with Gasteiger partial charge in [-0.05, 0) is 31.5 Å². The molecule has 0 fully saturated rings. The summed E-state index contributed by atoms with van der Waals surface area (Å²) in [7, 11) is 0. The number of ether oxygens (including phenoxy) is 1. The van der Waals surface area contributed by atoms with Crippen molar-refractivity contribution in [1.82, 2.24) is 0 Å². The summed E-state index contributed by atoms with van der Waals surface area (Å²) in [5, 5.41) is 2.09. The molecule has 0 saturated carbocycles. The van der Waals surface area contributed by atoms with Gasteiger partial charge in [-0.15, -0.1) is 0 Å². The summed E-state index contributed by atoms with van der Waals surface area (Å²) < 4.78 is 42.4. The Balaban J connectivity index is 2.98. The Bertz CT molecular complexity index is 497. The number of nitrogens with one attached hydrogen (secondary N) is 1. The molecule has 0 heterocycles. The third kappa shape index (κ3) is 3.70. The number of alkyl halides is 3. The molecule has 0 atom stereocenters. The number of amides is 1. The first kappa shape index (κ1) is 15.0. The van der Waals surface area contributed by atoms with Crippen molar-refractivity contribution in [2.45, 2.75) is 20.0 Å². The van der Waals surface area contributed by atoms with Crippen LogP contribution in [0.1, 0.15) is 18.1 Å². The maximum absolute atomic E-state index is 12.6. The van der Waals surface area contributed by atoms with Gasteiger partial charge in [-0.25, -0.2) is 4.79 Å². The topological polar surface area (TPSA) is 55.4 Å². The lowest BCUT2D eigenvalue weighted by atomic mass is 10.1. The highest BCUT2D eigenvalue weighted by molar-refractivity contribution is 6.37. The smallest absolute Gasteiger partial charge is 0.416 e. The molecule has 0 aromatic heterocycles. The van der Waals surface area contributed by atoms with Crippen LogP contribution >= 0.6 is 0 Å². The molecule has 1 amide bonds. The van der Waals surface area contributed by atoms with Crippen LogP contribution in [0.2, 0.25) is 0 Å². The van der Waals surface area contributed by atoms with Crippen molar-refractivity contribution in [3.63, 3.8) is 0 Å². The molecule has 1 aromatic carbocycles. The van der Waals surface area contributed by atoms with E-state index in [2.05, 4.69) is 10.1 Å². The largest absolute Gasteiger partial charge is 0.459 e. The highest BCUT2D eigenvalue weighted by Crippen LogP contribution is 2.34. The minimum absolute atomic E-state index is 0.00776. The Morgan fingerprint density at radius 2 is 1.95 bits per heavy atom. The normalized spacial score (nSPS) is 11.0. The highest BCUT2D eigenvalue weighted by atomic mass is 19.4. The van der Waals surface area contributed by atoms with E-state index in [0.717, 1.165) is 12.1 Å². The van der Waals surface area contributed by atoms with Gasteiger partial charge in [-0.2, -0.15) is 13.2 Å². The first-order chi connectivity index (χ1) is 8.77.